The number of rotatable bonds is 4. The fraction of sp³-hybridized carbons (Fsp3) is 0.500. The van der Waals surface area contributed by atoms with Crippen molar-refractivity contribution < 1.29 is 4.79 Å². The molecule has 0 atom stereocenters. The minimum Gasteiger partial charge on any atom is -0.358 e. The predicted molar refractivity (Wildman–Crippen MR) is 122 cm³/mol. The summed E-state index contributed by atoms with van der Waals surface area (Å²) >= 11 is 0. The van der Waals surface area contributed by atoms with Crippen molar-refractivity contribution in [2.75, 3.05) is 39.3 Å². The van der Waals surface area contributed by atoms with Crippen LogP contribution in [0.2, 0.25) is 0 Å². The summed E-state index contributed by atoms with van der Waals surface area (Å²) in [5.41, 5.74) is 7.48. The summed E-state index contributed by atoms with van der Waals surface area (Å²) in [6.45, 7) is 11.1. The van der Waals surface area contributed by atoms with Gasteiger partial charge in [0.25, 0.3) is 0 Å². The van der Waals surface area contributed by atoms with Gasteiger partial charge in [-0.1, -0.05) is 18.2 Å². The van der Waals surface area contributed by atoms with Crippen molar-refractivity contribution in [2.24, 2.45) is 7.05 Å². The first-order valence-corrected chi connectivity index (χ1v) is 11.3. The average Bonchev–Trinajstić information content (AvgIpc) is 3.26. The van der Waals surface area contributed by atoms with E-state index in [1.165, 1.54) is 33.4 Å². The molecule has 0 aliphatic carbocycles. The van der Waals surface area contributed by atoms with Gasteiger partial charge in [0.05, 0.1) is 12.2 Å². The van der Waals surface area contributed by atoms with Crippen LogP contribution in [0, 0.1) is 13.8 Å². The molecule has 1 aromatic carbocycles. The van der Waals surface area contributed by atoms with Crippen LogP contribution in [-0.2, 0) is 31.4 Å². The Morgan fingerprint density at radius 3 is 2.55 bits per heavy atom. The van der Waals surface area contributed by atoms with E-state index in [-0.39, 0.29) is 5.91 Å². The zero-order valence-corrected chi connectivity index (χ0v) is 18.8. The van der Waals surface area contributed by atoms with Crippen molar-refractivity contribution in [2.45, 2.75) is 33.4 Å². The molecule has 2 aromatic heterocycles. The smallest absolute Gasteiger partial charge is 0.237 e. The summed E-state index contributed by atoms with van der Waals surface area (Å²) in [4.78, 5) is 23.4. The first-order valence-electron chi connectivity index (χ1n) is 11.3. The molecular weight excluding hydrogens is 388 g/mol. The number of amides is 1. The zero-order valence-electron chi connectivity index (χ0n) is 18.8. The molecule has 4 heterocycles. The standard InChI is InChI=1S/C24H32N6O/c1-17-20(18(2)27(3)26-17)14-28-10-12-29(13-11-28)16-24(31)30-9-8-23-21(15-30)19-6-4-5-7-22(19)25-23/h4-7,25H,8-16H2,1-3H3. The minimum absolute atomic E-state index is 0.253. The molecule has 1 fully saturated rings. The molecular formula is C24H32N6O. The van der Waals surface area contributed by atoms with Gasteiger partial charge in [-0.25, -0.2) is 0 Å². The molecule has 0 saturated carbocycles. The van der Waals surface area contributed by atoms with E-state index in [1.807, 2.05) is 16.6 Å². The quantitative estimate of drug-likeness (QED) is 0.703. The number of fused-ring (bicyclic) bond motifs is 3. The highest BCUT2D eigenvalue weighted by molar-refractivity contribution is 5.86. The van der Waals surface area contributed by atoms with Gasteiger partial charge in [0.1, 0.15) is 0 Å². The first-order chi connectivity index (χ1) is 15.0. The highest BCUT2D eigenvalue weighted by Gasteiger charge is 2.27. The highest BCUT2D eigenvalue weighted by Crippen LogP contribution is 2.27. The molecule has 1 amide bonds. The Bertz CT molecular complexity index is 1100. The number of H-pyrrole nitrogens is 1. The van der Waals surface area contributed by atoms with Crippen molar-refractivity contribution in [1.29, 1.82) is 0 Å². The van der Waals surface area contributed by atoms with E-state index < -0.39 is 0 Å². The number of hydrogen-bond donors (Lipinski definition) is 1. The first kappa shape index (κ1) is 20.3. The molecule has 1 N–H and O–H groups in total. The Morgan fingerprint density at radius 2 is 1.81 bits per heavy atom. The summed E-state index contributed by atoms with van der Waals surface area (Å²) in [6.07, 6.45) is 0.910. The Kier molecular flexibility index (Phi) is 5.32. The number of carbonyl (C=O) groups is 1. The SMILES string of the molecule is Cc1nn(C)c(C)c1CN1CCN(CC(=O)N2CCc3[nH]c4ccccc4c3C2)CC1. The average molecular weight is 421 g/mol. The maximum atomic E-state index is 13.0. The van der Waals surface area contributed by atoms with Crippen molar-refractivity contribution >= 4 is 16.8 Å². The maximum absolute atomic E-state index is 13.0. The molecule has 3 aromatic rings. The van der Waals surface area contributed by atoms with E-state index in [9.17, 15) is 4.79 Å². The summed E-state index contributed by atoms with van der Waals surface area (Å²) in [5, 5.41) is 5.79. The number of carbonyl (C=O) groups excluding carboxylic acids is 1. The molecule has 0 unspecified atom stereocenters. The monoisotopic (exact) mass is 420 g/mol. The number of benzene rings is 1. The lowest BCUT2D eigenvalue weighted by molar-refractivity contribution is -0.133. The molecule has 164 valence electrons. The molecule has 0 bridgehead atoms. The van der Waals surface area contributed by atoms with Crippen molar-refractivity contribution in [1.82, 2.24) is 29.5 Å². The summed E-state index contributed by atoms with van der Waals surface area (Å²) in [6, 6.07) is 8.41. The van der Waals surface area contributed by atoms with Gasteiger partial charge in [-0.15, -0.1) is 0 Å². The van der Waals surface area contributed by atoms with Gasteiger partial charge in [0.15, 0.2) is 0 Å². The lowest BCUT2D eigenvalue weighted by Crippen LogP contribution is -2.50. The fourth-order valence-electron chi connectivity index (χ4n) is 5.05. The van der Waals surface area contributed by atoms with E-state index in [2.05, 4.69) is 58.0 Å². The molecule has 0 radical (unpaired) electrons. The van der Waals surface area contributed by atoms with Gasteiger partial charge in [-0.3, -0.25) is 19.3 Å². The van der Waals surface area contributed by atoms with E-state index in [1.54, 1.807) is 0 Å². The third-order valence-electron chi connectivity index (χ3n) is 7.10. The van der Waals surface area contributed by atoms with Crippen LogP contribution in [0.1, 0.15) is 28.2 Å². The lowest BCUT2D eigenvalue weighted by atomic mass is 10.0. The second-order valence-electron chi connectivity index (χ2n) is 9.02. The highest BCUT2D eigenvalue weighted by atomic mass is 16.2. The van der Waals surface area contributed by atoms with Gasteiger partial charge in [0.2, 0.25) is 5.91 Å². The topological polar surface area (TPSA) is 60.4 Å². The summed E-state index contributed by atoms with van der Waals surface area (Å²) in [5.74, 6) is 0.253. The van der Waals surface area contributed by atoms with Crippen LogP contribution in [0.25, 0.3) is 10.9 Å². The number of nitrogens with one attached hydrogen (secondary N) is 1. The Hall–Kier alpha value is -2.64. The van der Waals surface area contributed by atoms with Crippen LogP contribution in [0.5, 0.6) is 0 Å². The van der Waals surface area contributed by atoms with Crippen LogP contribution in [0.3, 0.4) is 0 Å². The molecule has 7 nitrogen and oxygen atoms in total. The third kappa shape index (κ3) is 3.88. The third-order valence-corrected chi connectivity index (χ3v) is 7.10. The minimum atomic E-state index is 0.253. The molecule has 5 rings (SSSR count). The van der Waals surface area contributed by atoms with Crippen LogP contribution in [0.4, 0.5) is 0 Å². The molecule has 1 saturated heterocycles. The van der Waals surface area contributed by atoms with Gasteiger partial charge < -0.3 is 9.88 Å². The van der Waals surface area contributed by atoms with Gasteiger partial charge in [-0.05, 0) is 19.9 Å². The van der Waals surface area contributed by atoms with Crippen LogP contribution in [-0.4, -0.2) is 74.6 Å². The van der Waals surface area contributed by atoms with Crippen molar-refractivity contribution in [3.63, 3.8) is 0 Å². The second kappa shape index (κ2) is 8.13. The van der Waals surface area contributed by atoms with E-state index >= 15 is 0 Å². The molecule has 2 aliphatic rings. The van der Waals surface area contributed by atoms with Gasteiger partial charge >= 0.3 is 0 Å². The lowest BCUT2D eigenvalue weighted by Gasteiger charge is -2.36. The summed E-state index contributed by atoms with van der Waals surface area (Å²) in [7, 11) is 2.01. The molecule has 31 heavy (non-hydrogen) atoms. The summed E-state index contributed by atoms with van der Waals surface area (Å²) < 4.78 is 1.97. The largest absolute Gasteiger partial charge is 0.358 e. The van der Waals surface area contributed by atoms with Crippen LogP contribution < -0.4 is 0 Å². The normalized spacial score (nSPS) is 18.0. The molecule has 7 heteroatoms. The van der Waals surface area contributed by atoms with Crippen LogP contribution in [0.15, 0.2) is 24.3 Å². The van der Waals surface area contributed by atoms with Crippen molar-refractivity contribution in [3.8, 4) is 0 Å². The molecule has 2 aliphatic heterocycles. The number of piperazine rings is 1. The predicted octanol–water partition coefficient (Wildman–Crippen LogP) is 2.22. The van der Waals surface area contributed by atoms with Crippen LogP contribution >= 0.6 is 0 Å². The maximum Gasteiger partial charge on any atom is 0.237 e. The van der Waals surface area contributed by atoms with E-state index in [0.717, 1.165) is 57.9 Å². The number of para-hydroxylation sites is 1. The zero-order chi connectivity index (χ0) is 21.5. The van der Waals surface area contributed by atoms with E-state index in [4.69, 9.17) is 0 Å². The van der Waals surface area contributed by atoms with E-state index in [0.29, 0.717) is 6.54 Å². The Morgan fingerprint density at radius 1 is 1.06 bits per heavy atom. The fourth-order valence-corrected chi connectivity index (χ4v) is 5.05. The second-order valence-corrected chi connectivity index (χ2v) is 9.02. The Balaban J connectivity index is 1.16. The number of aromatic amines is 1. The van der Waals surface area contributed by atoms with Crippen molar-refractivity contribution in [3.05, 3.63) is 52.5 Å². The Labute approximate surface area is 183 Å². The number of nitrogens with zero attached hydrogens (tertiary/aromatic N) is 5. The molecule has 0 spiro atoms. The number of aryl methyl sites for hydroxylation is 2. The number of aromatic nitrogens is 3. The number of hydrogen-bond acceptors (Lipinski definition) is 4. The van der Waals surface area contributed by atoms with Gasteiger partial charge in [0, 0.05) is 92.7 Å². The van der Waals surface area contributed by atoms with Gasteiger partial charge in [-0.2, -0.15) is 5.10 Å².